The molecule has 2 heterocycles. The van der Waals surface area contributed by atoms with Crippen LogP contribution < -0.4 is 5.56 Å². The van der Waals surface area contributed by atoms with Gasteiger partial charge in [0.2, 0.25) is 0 Å². The van der Waals surface area contributed by atoms with E-state index < -0.39 is 0 Å². The molecule has 1 aromatic carbocycles. The molecule has 24 heavy (non-hydrogen) atoms. The van der Waals surface area contributed by atoms with E-state index >= 15 is 0 Å². The van der Waals surface area contributed by atoms with Crippen LogP contribution in [0, 0.1) is 5.92 Å². The second kappa shape index (κ2) is 6.42. The molecular formula is C20H24N2O2. The number of nitrogens with zero attached hydrogens (tertiary/aromatic N) is 1. The Balaban J connectivity index is 1.65. The Morgan fingerprint density at radius 1 is 1.04 bits per heavy atom. The molecule has 0 radical (unpaired) electrons. The van der Waals surface area contributed by atoms with Crippen molar-refractivity contribution in [3.63, 3.8) is 0 Å². The molecular weight excluding hydrogens is 300 g/mol. The third-order valence-corrected chi connectivity index (χ3v) is 5.74. The summed E-state index contributed by atoms with van der Waals surface area (Å²) in [7, 11) is 0. The van der Waals surface area contributed by atoms with Crippen LogP contribution in [-0.2, 0) is 0 Å². The number of likely N-dealkylation sites (tertiary alicyclic amines) is 1. The van der Waals surface area contributed by atoms with Gasteiger partial charge in [0.05, 0.1) is 0 Å². The number of nitrogens with one attached hydrogen (secondary N) is 1. The first kappa shape index (κ1) is 15.4. The zero-order chi connectivity index (χ0) is 16.5. The van der Waals surface area contributed by atoms with E-state index in [-0.39, 0.29) is 17.0 Å². The van der Waals surface area contributed by atoms with Gasteiger partial charge in [0.1, 0.15) is 5.56 Å². The van der Waals surface area contributed by atoms with Crippen LogP contribution in [0.4, 0.5) is 0 Å². The van der Waals surface area contributed by atoms with Crippen LogP contribution in [0.15, 0.2) is 35.1 Å². The van der Waals surface area contributed by atoms with Crippen LogP contribution in [0.3, 0.4) is 0 Å². The number of aromatic amines is 1. The number of amides is 1. The minimum atomic E-state index is -0.270. The van der Waals surface area contributed by atoms with Crippen molar-refractivity contribution in [2.45, 2.75) is 51.0 Å². The van der Waals surface area contributed by atoms with E-state index in [4.69, 9.17) is 0 Å². The molecule has 1 amide bonds. The van der Waals surface area contributed by atoms with Gasteiger partial charge in [-0.3, -0.25) is 9.59 Å². The molecule has 1 N–H and O–H groups in total. The molecule has 1 unspecified atom stereocenters. The molecule has 1 aliphatic heterocycles. The summed E-state index contributed by atoms with van der Waals surface area (Å²) in [6.07, 6.45) is 8.46. The number of hydrogen-bond donors (Lipinski definition) is 1. The lowest BCUT2D eigenvalue weighted by atomic mass is 9.83. The smallest absolute Gasteiger partial charge is 0.261 e. The van der Waals surface area contributed by atoms with Crippen molar-refractivity contribution in [1.29, 1.82) is 0 Å². The number of pyridine rings is 1. The quantitative estimate of drug-likeness (QED) is 0.915. The zero-order valence-electron chi connectivity index (χ0n) is 14.0. The summed E-state index contributed by atoms with van der Waals surface area (Å²) in [4.78, 5) is 30.3. The van der Waals surface area contributed by atoms with Gasteiger partial charge in [-0.15, -0.1) is 0 Å². The van der Waals surface area contributed by atoms with Crippen LogP contribution in [0.1, 0.15) is 55.3 Å². The van der Waals surface area contributed by atoms with Gasteiger partial charge in [-0.1, -0.05) is 37.5 Å². The maximum absolute atomic E-state index is 13.1. The van der Waals surface area contributed by atoms with Crippen molar-refractivity contribution >= 4 is 16.8 Å². The largest absolute Gasteiger partial charge is 0.335 e. The number of hydrogen-bond acceptors (Lipinski definition) is 2. The predicted octanol–water partition coefficient (Wildman–Crippen LogP) is 3.71. The third-order valence-electron chi connectivity index (χ3n) is 5.74. The molecule has 1 aliphatic carbocycles. The molecule has 1 saturated carbocycles. The maximum atomic E-state index is 13.1. The molecule has 4 nitrogen and oxygen atoms in total. The minimum Gasteiger partial charge on any atom is -0.335 e. The first-order chi connectivity index (χ1) is 11.7. The summed E-state index contributed by atoms with van der Waals surface area (Å²) < 4.78 is 0. The molecule has 2 aromatic rings. The van der Waals surface area contributed by atoms with Gasteiger partial charge >= 0.3 is 0 Å². The van der Waals surface area contributed by atoms with Crippen molar-refractivity contribution in [3.05, 3.63) is 46.2 Å². The number of rotatable bonds is 2. The highest BCUT2D eigenvalue weighted by molar-refractivity contribution is 5.97. The van der Waals surface area contributed by atoms with Gasteiger partial charge in [0, 0.05) is 18.1 Å². The van der Waals surface area contributed by atoms with E-state index in [1.807, 2.05) is 29.2 Å². The summed E-state index contributed by atoms with van der Waals surface area (Å²) in [6.45, 7) is 0.784. The Morgan fingerprint density at radius 3 is 2.67 bits per heavy atom. The number of fused-ring (bicyclic) bond motifs is 1. The second-order valence-electron chi connectivity index (χ2n) is 7.21. The third kappa shape index (κ3) is 2.74. The Morgan fingerprint density at radius 2 is 1.83 bits per heavy atom. The van der Waals surface area contributed by atoms with E-state index in [9.17, 15) is 9.59 Å². The van der Waals surface area contributed by atoms with Gasteiger partial charge in [-0.05, 0) is 49.1 Å². The van der Waals surface area contributed by atoms with Crippen LogP contribution in [0.5, 0.6) is 0 Å². The summed E-state index contributed by atoms with van der Waals surface area (Å²) in [6, 6.07) is 9.70. The fourth-order valence-corrected chi connectivity index (χ4v) is 4.51. The Kier molecular flexibility index (Phi) is 4.13. The van der Waals surface area contributed by atoms with Crippen molar-refractivity contribution in [3.8, 4) is 0 Å². The normalized spacial score (nSPS) is 22.2. The predicted molar refractivity (Wildman–Crippen MR) is 95.2 cm³/mol. The lowest BCUT2D eigenvalue weighted by molar-refractivity contribution is 0.0660. The Labute approximate surface area is 141 Å². The first-order valence-corrected chi connectivity index (χ1v) is 9.17. The maximum Gasteiger partial charge on any atom is 0.261 e. The standard InChI is InChI=1S/C20H24N2O2/c23-19-16(13-15-9-4-5-10-17(15)21-19)20(24)22-12-6-11-18(22)14-7-2-1-3-8-14/h4-5,9-10,13-14,18H,1-3,6-8,11-12H2,(H,21,23). The zero-order valence-corrected chi connectivity index (χ0v) is 14.0. The minimum absolute atomic E-state index is 0.0879. The molecule has 0 spiro atoms. The van der Waals surface area contributed by atoms with Gasteiger partial charge < -0.3 is 9.88 Å². The van der Waals surface area contributed by atoms with Gasteiger partial charge in [-0.25, -0.2) is 0 Å². The lowest BCUT2D eigenvalue weighted by Crippen LogP contribution is -2.42. The number of para-hydroxylation sites is 1. The molecule has 126 valence electrons. The van der Waals surface area contributed by atoms with Crippen molar-refractivity contribution in [1.82, 2.24) is 9.88 Å². The fraction of sp³-hybridized carbons (Fsp3) is 0.500. The first-order valence-electron chi connectivity index (χ1n) is 9.17. The summed E-state index contributed by atoms with van der Waals surface area (Å²) >= 11 is 0. The summed E-state index contributed by atoms with van der Waals surface area (Å²) in [5.41, 5.74) is 0.800. The SMILES string of the molecule is O=C(c1cc2ccccc2[nH]c1=O)N1CCCC1C1CCCCC1. The number of aromatic nitrogens is 1. The molecule has 1 aromatic heterocycles. The molecule has 4 rings (SSSR count). The average molecular weight is 324 g/mol. The lowest BCUT2D eigenvalue weighted by Gasteiger charge is -2.34. The second-order valence-corrected chi connectivity index (χ2v) is 7.21. The average Bonchev–Trinajstić information content (AvgIpc) is 3.11. The molecule has 4 heteroatoms. The number of benzene rings is 1. The van der Waals surface area contributed by atoms with Crippen LogP contribution in [-0.4, -0.2) is 28.4 Å². The molecule has 0 bridgehead atoms. The van der Waals surface area contributed by atoms with Crippen molar-refractivity contribution in [2.75, 3.05) is 6.54 Å². The Hall–Kier alpha value is -2.10. The van der Waals surface area contributed by atoms with Gasteiger partial charge in [0.15, 0.2) is 0 Å². The van der Waals surface area contributed by atoms with E-state index in [0.29, 0.717) is 12.0 Å². The van der Waals surface area contributed by atoms with Crippen LogP contribution in [0.2, 0.25) is 0 Å². The highest BCUT2D eigenvalue weighted by atomic mass is 16.2. The fourth-order valence-electron chi connectivity index (χ4n) is 4.51. The highest BCUT2D eigenvalue weighted by Gasteiger charge is 2.36. The van der Waals surface area contributed by atoms with Crippen molar-refractivity contribution < 1.29 is 4.79 Å². The molecule has 2 fully saturated rings. The topological polar surface area (TPSA) is 53.2 Å². The number of carbonyl (C=O) groups is 1. The van der Waals surface area contributed by atoms with Crippen LogP contribution >= 0.6 is 0 Å². The van der Waals surface area contributed by atoms with Gasteiger partial charge in [0.25, 0.3) is 11.5 Å². The van der Waals surface area contributed by atoms with E-state index in [1.165, 1.54) is 32.1 Å². The van der Waals surface area contributed by atoms with Crippen molar-refractivity contribution in [2.24, 2.45) is 5.92 Å². The number of carbonyl (C=O) groups excluding carboxylic acids is 1. The van der Waals surface area contributed by atoms with E-state index in [2.05, 4.69) is 4.98 Å². The molecule has 1 saturated heterocycles. The van der Waals surface area contributed by atoms with E-state index in [0.717, 1.165) is 30.3 Å². The van der Waals surface area contributed by atoms with Gasteiger partial charge in [-0.2, -0.15) is 0 Å². The molecule has 1 atom stereocenters. The van der Waals surface area contributed by atoms with E-state index in [1.54, 1.807) is 6.07 Å². The number of H-pyrrole nitrogens is 1. The Bertz CT molecular complexity index is 805. The highest BCUT2D eigenvalue weighted by Crippen LogP contribution is 2.34. The monoisotopic (exact) mass is 324 g/mol. The summed E-state index contributed by atoms with van der Waals surface area (Å²) in [5, 5.41) is 0.911. The molecule has 2 aliphatic rings. The van der Waals surface area contributed by atoms with Crippen LogP contribution in [0.25, 0.3) is 10.9 Å². The summed E-state index contributed by atoms with van der Waals surface area (Å²) in [5.74, 6) is 0.528.